The summed E-state index contributed by atoms with van der Waals surface area (Å²) >= 11 is 0. The Hall–Kier alpha value is -1.14. The number of rotatable bonds is 6. The van der Waals surface area contributed by atoms with Crippen LogP contribution in [0.3, 0.4) is 0 Å². The Balaban J connectivity index is 0.000000716. The zero-order valence-corrected chi connectivity index (χ0v) is 28.2. The van der Waals surface area contributed by atoms with Gasteiger partial charge in [-0.1, -0.05) is 67.3 Å². The molecule has 0 bridgehead atoms. The monoisotopic (exact) mass is 592 g/mol. The molecule has 0 spiro atoms. The van der Waals surface area contributed by atoms with Crippen LogP contribution in [0.2, 0.25) is 19.6 Å². The molecule has 0 aliphatic rings. The molecular formula is C31H46FeN2P2Si. The van der Waals surface area contributed by atoms with Gasteiger partial charge in [0, 0.05) is 29.9 Å². The van der Waals surface area contributed by atoms with Gasteiger partial charge in [0.2, 0.25) is 0 Å². The van der Waals surface area contributed by atoms with Crippen molar-refractivity contribution in [2.45, 2.75) is 82.8 Å². The van der Waals surface area contributed by atoms with Crippen molar-refractivity contribution in [1.82, 2.24) is 9.97 Å². The summed E-state index contributed by atoms with van der Waals surface area (Å²) in [5.41, 5.74) is 5.57. The first kappa shape index (κ1) is 32.1. The largest absolute Gasteiger partial charge is 2.00 e. The van der Waals surface area contributed by atoms with Crippen LogP contribution >= 0.6 is 17.2 Å². The van der Waals surface area contributed by atoms with Crippen molar-refractivity contribution in [2.24, 2.45) is 0 Å². The van der Waals surface area contributed by atoms with Gasteiger partial charge >= 0.3 is 17.1 Å². The van der Waals surface area contributed by atoms with E-state index in [1.807, 2.05) is 42.7 Å². The first-order chi connectivity index (χ1) is 16.6. The second kappa shape index (κ2) is 12.4. The Labute approximate surface area is 241 Å². The second-order valence-corrected chi connectivity index (χ2v) is 22.6. The zero-order chi connectivity index (χ0) is 26.8. The topological polar surface area (TPSA) is 31.6 Å². The molecule has 37 heavy (non-hydrogen) atoms. The van der Waals surface area contributed by atoms with E-state index in [2.05, 4.69) is 117 Å². The molecule has 0 radical (unpaired) electrons. The van der Waals surface area contributed by atoms with Crippen molar-refractivity contribution in [2.75, 3.05) is 0 Å². The van der Waals surface area contributed by atoms with Crippen LogP contribution in [0.1, 0.15) is 63.8 Å². The van der Waals surface area contributed by atoms with E-state index in [-0.39, 0.29) is 30.1 Å². The fraction of sp³-hybridized carbons (Fsp3) is 0.419. The van der Waals surface area contributed by atoms with Gasteiger partial charge in [-0.2, -0.15) is 35.0 Å². The van der Waals surface area contributed by atoms with E-state index in [1.165, 1.54) is 22.3 Å². The normalized spacial score (nSPS) is 12.7. The van der Waals surface area contributed by atoms with Crippen LogP contribution in [-0.4, -0.2) is 28.4 Å². The zero-order valence-electron chi connectivity index (χ0n) is 24.1. The molecule has 202 valence electrons. The first-order valence-corrected chi connectivity index (χ1v) is 18.6. The van der Waals surface area contributed by atoms with Gasteiger partial charge in [0.15, 0.2) is 0 Å². The predicted molar refractivity (Wildman–Crippen MR) is 168 cm³/mol. The quantitative estimate of drug-likeness (QED) is 0.128. The third-order valence-electron chi connectivity index (χ3n) is 6.88. The number of hydrogen-bond acceptors (Lipinski definition) is 0. The van der Waals surface area contributed by atoms with Gasteiger partial charge in [-0.05, 0) is 33.6 Å². The van der Waals surface area contributed by atoms with Crippen LogP contribution in [0, 0.1) is 0 Å². The molecule has 1 unspecified atom stereocenters. The summed E-state index contributed by atoms with van der Waals surface area (Å²) in [6, 6.07) is 19.5. The Morgan fingerprint density at radius 3 is 1.68 bits per heavy atom. The molecule has 2 heterocycles. The smallest absolute Gasteiger partial charge is 0.367 e. The van der Waals surface area contributed by atoms with Crippen LogP contribution in [0.5, 0.6) is 0 Å². The number of aromatic nitrogens is 2. The molecule has 0 saturated carbocycles. The van der Waals surface area contributed by atoms with Crippen molar-refractivity contribution in [3.63, 3.8) is 0 Å². The summed E-state index contributed by atoms with van der Waals surface area (Å²) in [5.74, 6) is 0. The minimum Gasteiger partial charge on any atom is -0.367 e. The average molecular weight is 593 g/mol. The fourth-order valence-corrected chi connectivity index (χ4v) is 10.4. The minimum absolute atomic E-state index is 0. The standard InChI is InChI=1S/C26H41N2P2Si.C5H5.Fe/c1-24(2,3)30(25(4,5)6)18-19-14-22(31(7,8)9)15-23(19)26(29,20-10-12-27-16-20)21-11-13-28-17-21;1-2-4-5-3-1;/h10-17,27-28H,18,29H2,1-9H3;1-5H;/q2*-1;+2. The molecule has 2 aromatic carbocycles. The maximum absolute atomic E-state index is 3.30. The van der Waals surface area contributed by atoms with Gasteiger partial charge in [0.1, 0.15) is 0 Å². The number of hydrogen-bond donors (Lipinski definition) is 2. The van der Waals surface area contributed by atoms with Gasteiger partial charge in [-0.25, -0.2) is 18.2 Å². The van der Waals surface area contributed by atoms with Crippen molar-refractivity contribution < 1.29 is 17.1 Å². The molecule has 2 nitrogen and oxygen atoms in total. The molecular weight excluding hydrogens is 546 g/mol. The molecule has 2 aromatic heterocycles. The average Bonchev–Trinajstić information content (AvgIpc) is 3.57. The van der Waals surface area contributed by atoms with E-state index in [9.17, 15) is 0 Å². The van der Waals surface area contributed by atoms with Crippen LogP contribution < -0.4 is 5.19 Å². The molecule has 1 atom stereocenters. The number of aromatic amines is 2. The SMILES string of the molecule is CC(C)(C)P(Cc1cc([Si](C)(C)C)[cH-]c1C(P)(c1cc[nH]c1)c1cc[nH]c1)C(C)(C)C.[Fe+2].c1cc[cH-]c1. The van der Waals surface area contributed by atoms with E-state index < -0.39 is 8.07 Å². The van der Waals surface area contributed by atoms with Crippen LogP contribution in [0.4, 0.5) is 0 Å². The Morgan fingerprint density at radius 1 is 0.865 bits per heavy atom. The van der Waals surface area contributed by atoms with E-state index in [0.717, 1.165) is 6.16 Å². The van der Waals surface area contributed by atoms with Gasteiger partial charge in [0.05, 0.1) is 8.07 Å². The van der Waals surface area contributed by atoms with Crippen LogP contribution in [0.25, 0.3) is 0 Å². The summed E-state index contributed by atoms with van der Waals surface area (Å²) in [4.78, 5) is 6.60. The molecule has 0 fully saturated rings. The number of H-pyrrole nitrogens is 2. The summed E-state index contributed by atoms with van der Waals surface area (Å²) in [7, 11) is 1.55. The summed E-state index contributed by atoms with van der Waals surface area (Å²) in [5, 5.41) is 1.90. The van der Waals surface area contributed by atoms with Crippen molar-refractivity contribution in [1.29, 1.82) is 0 Å². The fourth-order valence-electron chi connectivity index (χ4n) is 5.07. The number of nitrogens with one attached hydrogen (secondary N) is 2. The Kier molecular flexibility index (Phi) is 10.7. The summed E-state index contributed by atoms with van der Waals surface area (Å²) in [6.45, 7) is 22.0. The van der Waals surface area contributed by atoms with Crippen molar-refractivity contribution >= 4 is 30.4 Å². The van der Waals surface area contributed by atoms with E-state index >= 15 is 0 Å². The molecule has 0 aliphatic heterocycles. The molecule has 0 aliphatic carbocycles. The van der Waals surface area contributed by atoms with E-state index in [4.69, 9.17) is 0 Å². The van der Waals surface area contributed by atoms with E-state index in [1.54, 1.807) is 5.19 Å². The van der Waals surface area contributed by atoms with Gasteiger partial charge in [-0.15, -0.1) is 22.7 Å². The van der Waals surface area contributed by atoms with E-state index in [0.29, 0.717) is 10.3 Å². The Morgan fingerprint density at radius 2 is 1.35 bits per heavy atom. The molecule has 0 amide bonds. The van der Waals surface area contributed by atoms with Gasteiger partial charge < -0.3 is 9.97 Å². The summed E-state index contributed by atoms with van der Waals surface area (Å²) in [6.07, 6.45) is 9.55. The van der Waals surface area contributed by atoms with Crippen LogP contribution in [0.15, 0.2) is 79.4 Å². The van der Waals surface area contributed by atoms with Gasteiger partial charge in [-0.3, -0.25) is 0 Å². The maximum Gasteiger partial charge on any atom is 2.00 e. The first-order valence-electron chi connectivity index (χ1n) is 13.0. The molecule has 2 N–H and O–H groups in total. The molecule has 4 rings (SSSR count). The predicted octanol–water partition coefficient (Wildman–Crippen LogP) is 8.76. The second-order valence-electron chi connectivity index (χ2n) is 12.8. The van der Waals surface area contributed by atoms with Crippen molar-refractivity contribution in [3.8, 4) is 0 Å². The summed E-state index contributed by atoms with van der Waals surface area (Å²) < 4.78 is 0. The molecule has 4 aromatic rings. The van der Waals surface area contributed by atoms with Gasteiger partial charge in [0.25, 0.3) is 0 Å². The molecule has 6 heteroatoms. The molecule has 0 saturated heterocycles. The third kappa shape index (κ3) is 7.71. The Bertz CT molecular complexity index is 1100. The van der Waals surface area contributed by atoms with Crippen LogP contribution in [-0.2, 0) is 28.4 Å². The van der Waals surface area contributed by atoms with Crippen molar-refractivity contribution in [3.05, 3.63) is 102 Å². The maximum atomic E-state index is 3.30. The third-order valence-corrected chi connectivity index (χ3v) is 13.8. The minimum atomic E-state index is -1.45.